The Hall–Kier alpha value is -6.97. The van der Waals surface area contributed by atoms with Gasteiger partial charge in [0.05, 0.1) is 52.6 Å². The fourth-order valence-electron chi connectivity index (χ4n) is 13.3. The maximum atomic E-state index is 14.0. The zero-order valence-corrected chi connectivity index (χ0v) is 78.4. The number of ether oxygens (including phenoxy) is 7. The Labute approximate surface area is 747 Å². The lowest BCUT2D eigenvalue weighted by molar-refractivity contribution is -0.148. The first kappa shape index (κ1) is 116. The van der Waals surface area contributed by atoms with E-state index in [-0.39, 0.29) is 153 Å². The Morgan fingerprint density at radius 1 is 0.252 bits per heavy atom. The summed E-state index contributed by atoms with van der Waals surface area (Å²) in [5.41, 5.74) is 0. The summed E-state index contributed by atoms with van der Waals surface area (Å²) in [6, 6.07) is -1.25. The molecule has 0 saturated heterocycles. The molecule has 0 heterocycles. The van der Waals surface area contributed by atoms with Crippen LogP contribution in [-0.4, -0.2) is 175 Å². The molecular formula is C102H177N5O16. The van der Waals surface area contributed by atoms with Crippen LogP contribution in [0.2, 0.25) is 0 Å². The molecule has 0 aliphatic heterocycles. The minimum Gasteiger partial charge on any atom is -0.464 e. The fraction of sp³-hybridized carbons (Fsp3) is 0.755. The van der Waals surface area contributed by atoms with Crippen LogP contribution in [0.4, 0.5) is 0 Å². The minimum atomic E-state index is -1.25. The van der Waals surface area contributed by atoms with Gasteiger partial charge >= 0.3 is 23.9 Å². The van der Waals surface area contributed by atoms with E-state index in [0.29, 0.717) is 71.7 Å². The Morgan fingerprint density at radius 3 is 0.870 bits per heavy atom. The van der Waals surface area contributed by atoms with Crippen molar-refractivity contribution in [2.24, 2.45) is 0 Å². The number of nitrogens with one attached hydrogen (secondary N) is 3. The third kappa shape index (κ3) is 85.6. The van der Waals surface area contributed by atoms with E-state index in [1.807, 2.05) is 6.92 Å². The molecule has 0 aromatic heterocycles. The second kappa shape index (κ2) is 94.2. The lowest BCUT2D eigenvalue weighted by Crippen LogP contribution is -2.53. The highest BCUT2D eigenvalue weighted by Gasteiger charge is 2.24. The van der Waals surface area contributed by atoms with Crippen LogP contribution in [0.15, 0.2) is 97.2 Å². The van der Waals surface area contributed by atoms with Crippen molar-refractivity contribution < 1.29 is 76.3 Å². The predicted molar refractivity (Wildman–Crippen MR) is 503 cm³/mol. The molecule has 0 aromatic carbocycles. The summed E-state index contributed by atoms with van der Waals surface area (Å²) >= 11 is 0. The molecule has 3 N–H and O–H groups in total. The van der Waals surface area contributed by atoms with Gasteiger partial charge in [-0.1, -0.05) is 260 Å². The Morgan fingerprint density at radius 2 is 0.545 bits per heavy atom. The smallest absolute Gasteiger partial charge is 0.305 e. The first-order valence-electron chi connectivity index (χ1n) is 49.3. The van der Waals surface area contributed by atoms with Gasteiger partial charge in [-0.3, -0.25) is 43.2 Å². The second-order valence-corrected chi connectivity index (χ2v) is 32.3. The van der Waals surface area contributed by atoms with Gasteiger partial charge in [0.1, 0.15) is 32.5 Å². The van der Waals surface area contributed by atoms with Crippen molar-refractivity contribution in [3.05, 3.63) is 97.2 Å². The van der Waals surface area contributed by atoms with Gasteiger partial charge in [0.25, 0.3) is 0 Å². The molecule has 21 nitrogen and oxygen atoms in total. The van der Waals surface area contributed by atoms with E-state index >= 15 is 0 Å². The molecule has 0 radical (unpaired) electrons. The normalized spacial score (nSPS) is 12.1. The molecule has 0 fully saturated rings. The monoisotopic (exact) mass is 1730 g/mol. The number of carbonyl (C=O) groups excluding carboxylic acids is 9. The SMILES string of the molecule is CCCCC/C=C\C/C=C\CCCCCCCC(=O)OCCN(CCOC(=O)CCCCCCC/C=C\C/C=C\CCCCC)C(=O)CCCC(=O)N[C@@H](CNC(=O)CCC(=O)N(CCOC(=O)CCCCCCC/C=C\C/C=C\CCCCC)CCOC(=O)CCCCCCC/C=C\C/C=C\CCCCC)C(=O)NCCCOCCOCCOCCC. The third-order valence-corrected chi connectivity index (χ3v) is 20.9. The lowest BCUT2D eigenvalue weighted by Gasteiger charge is -2.23. The van der Waals surface area contributed by atoms with Crippen LogP contribution in [-0.2, 0) is 76.3 Å². The average molecular weight is 1730 g/mol. The van der Waals surface area contributed by atoms with Crippen LogP contribution in [0.25, 0.3) is 0 Å². The first-order chi connectivity index (χ1) is 60.3. The molecule has 0 aliphatic carbocycles. The van der Waals surface area contributed by atoms with Gasteiger partial charge in [0.15, 0.2) is 0 Å². The molecule has 1 atom stereocenters. The molecule has 0 rings (SSSR count). The van der Waals surface area contributed by atoms with E-state index in [1.54, 1.807) is 0 Å². The predicted octanol–water partition coefficient (Wildman–Crippen LogP) is 22.6. The molecule has 706 valence electrons. The van der Waals surface area contributed by atoms with Crippen LogP contribution in [0.1, 0.15) is 388 Å². The second-order valence-electron chi connectivity index (χ2n) is 32.3. The van der Waals surface area contributed by atoms with Crippen LogP contribution in [0, 0.1) is 0 Å². The van der Waals surface area contributed by atoms with Gasteiger partial charge in [-0.2, -0.15) is 0 Å². The maximum absolute atomic E-state index is 14.0. The first-order valence-corrected chi connectivity index (χ1v) is 49.3. The summed E-state index contributed by atoms with van der Waals surface area (Å²) < 4.78 is 39.2. The van der Waals surface area contributed by atoms with E-state index in [9.17, 15) is 43.2 Å². The number of rotatable bonds is 91. The van der Waals surface area contributed by atoms with Gasteiger partial charge in [0.2, 0.25) is 29.5 Å². The van der Waals surface area contributed by atoms with Crippen molar-refractivity contribution in [1.82, 2.24) is 25.8 Å². The van der Waals surface area contributed by atoms with Gasteiger partial charge in [-0.25, -0.2) is 0 Å². The largest absolute Gasteiger partial charge is 0.464 e. The lowest BCUT2D eigenvalue weighted by atomic mass is 10.1. The summed E-state index contributed by atoms with van der Waals surface area (Å²) in [7, 11) is 0. The average Bonchev–Trinajstić information content (AvgIpc) is 0.912. The minimum absolute atomic E-state index is 0.0156. The van der Waals surface area contributed by atoms with E-state index in [1.165, 1.54) is 86.8 Å². The van der Waals surface area contributed by atoms with Crippen molar-refractivity contribution in [1.29, 1.82) is 0 Å². The van der Waals surface area contributed by atoms with Crippen LogP contribution in [0.5, 0.6) is 0 Å². The molecule has 21 heteroatoms. The number of hydrogen-bond acceptors (Lipinski definition) is 16. The summed E-state index contributed by atoms with van der Waals surface area (Å²) in [5.74, 6) is -3.90. The van der Waals surface area contributed by atoms with Crippen molar-refractivity contribution in [2.75, 3.05) is 105 Å². The standard InChI is InChI=1S/C102H177N5O16/c1-6-11-15-19-23-27-31-35-39-43-47-51-55-59-63-71-98(112)120-84-78-106(79-85-121-99(113)72-64-60-56-52-48-44-40-36-32-28-24-20-16-12-7-2)96(110)70-67-69-95(109)105-93(102(116)103-77-68-83-118-89-91-119-90-88-117-82-10-5)92-104-94(108)75-76-97(111)107(80-86-122-100(114)73-65-61-57-53-49-45-41-37-33-29-25-21-17-13-8-3)81-87-123-101(115)74-66-62-58-54-50-46-42-38-34-30-26-22-18-14-9-4/h23-30,35-42,93H,6-22,31-34,43-92H2,1-5H3,(H,103,116)(H,104,108)(H,105,109)/b27-23-,28-24-,29-25-,30-26-,39-35-,40-36-,41-37-,42-38-/t93-/m0/s1. The van der Waals surface area contributed by atoms with Crippen LogP contribution >= 0.6 is 0 Å². The fourth-order valence-corrected chi connectivity index (χ4v) is 13.3. The molecule has 0 aliphatic rings. The Balaban J connectivity index is 6.02. The topological polar surface area (TPSA) is 261 Å². The third-order valence-electron chi connectivity index (χ3n) is 20.9. The van der Waals surface area contributed by atoms with Gasteiger partial charge in [-0.15, -0.1) is 0 Å². The number of carbonyl (C=O) groups is 9. The molecule has 0 spiro atoms. The van der Waals surface area contributed by atoms with Crippen LogP contribution in [0.3, 0.4) is 0 Å². The van der Waals surface area contributed by atoms with Gasteiger partial charge in [0, 0.05) is 77.7 Å². The van der Waals surface area contributed by atoms with Crippen molar-refractivity contribution in [2.45, 2.75) is 394 Å². The molecule has 0 unspecified atom stereocenters. The number of unbranched alkanes of at least 4 members (excludes halogenated alkanes) is 32. The van der Waals surface area contributed by atoms with Crippen molar-refractivity contribution >= 4 is 53.4 Å². The maximum Gasteiger partial charge on any atom is 0.305 e. The summed E-state index contributed by atoms with van der Waals surface area (Å²) in [6.07, 6.45) is 84.3. The van der Waals surface area contributed by atoms with E-state index in [4.69, 9.17) is 33.2 Å². The molecular weight excluding hydrogens is 1550 g/mol. The highest BCUT2D eigenvalue weighted by molar-refractivity contribution is 5.89. The number of allylic oxidation sites excluding steroid dienone is 16. The summed E-state index contributed by atoms with van der Waals surface area (Å²) in [5, 5.41) is 8.30. The Kier molecular flexibility index (Phi) is 88.8. The summed E-state index contributed by atoms with van der Waals surface area (Å²) in [6.45, 7) is 13.3. The van der Waals surface area contributed by atoms with Gasteiger partial charge in [-0.05, 0) is 173 Å². The zero-order chi connectivity index (χ0) is 89.5. The summed E-state index contributed by atoms with van der Waals surface area (Å²) in [4.78, 5) is 124. The van der Waals surface area contributed by atoms with Crippen molar-refractivity contribution in [3.8, 4) is 0 Å². The number of esters is 4. The molecule has 0 aromatic rings. The van der Waals surface area contributed by atoms with E-state index in [2.05, 4.69) is 141 Å². The molecule has 0 saturated carbocycles. The highest BCUT2D eigenvalue weighted by atomic mass is 16.6. The molecule has 0 bridgehead atoms. The molecule has 5 amide bonds. The number of nitrogens with zero attached hydrogens (tertiary/aromatic N) is 2. The van der Waals surface area contributed by atoms with E-state index in [0.717, 1.165) is 186 Å². The zero-order valence-electron chi connectivity index (χ0n) is 78.4. The highest BCUT2D eigenvalue weighted by Crippen LogP contribution is 2.16. The van der Waals surface area contributed by atoms with Crippen molar-refractivity contribution in [3.63, 3.8) is 0 Å². The van der Waals surface area contributed by atoms with Crippen LogP contribution < -0.4 is 16.0 Å². The quantitative estimate of drug-likeness (QED) is 0.0221. The Bertz CT molecular complexity index is 2670. The van der Waals surface area contributed by atoms with Gasteiger partial charge < -0.3 is 58.9 Å². The molecule has 123 heavy (non-hydrogen) atoms. The number of hydrogen-bond donors (Lipinski definition) is 3. The van der Waals surface area contributed by atoms with E-state index < -0.39 is 29.7 Å². The number of amides is 5.